The van der Waals surface area contributed by atoms with Gasteiger partial charge >= 0.3 is 10.1 Å². The van der Waals surface area contributed by atoms with Crippen molar-refractivity contribution in [3.63, 3.8) is 0 Å². The van der Waals surface area contributed by atoms with Crippen LogP contribution in [0.15, 0.2) is 69.7 Å². The summed E-state index contributed by atoms with van der Waals surface area (Å²) in [5, 5.41) is 11.0. The number of thioether (sulfide) groups is 1. The van der Waals surface area contributed by atoms with Crippen molar-refractivity contribution < 1.29 is 17.4 Å². The van der Waals surface area contributed by atoms with E-state index in [0.717, 1.165) is 0 Å². The van der Waals surface area contributed by atoms with Gasteiger partial charge in [-0.2, -0.15) is 13.5 Å². The summed E-state index contributed by atoms with van der Waals surface area (Å²) in [6.07, 6.45) is 1.51. The van der Waals surface area contributed by atoms with E-state index < -0.39 is 10.1 Å². The first-order chi connectivity index (χ1) is 13.3. The summed E-state index contributed by atoms with van der Waals surface area (Å²) in [5.41, 5.74) is 0.712. The Balaban J connectivity index is 1.63. The predicted octanol–water partition coefficient (Wildman–Crippen LogP) is 3.03. The molecule has 3 rings (SSSR count). The van der Waals surface area contributed by atoms with E-state index in [-0.39, 0.29) is 27.7 Å². The van der Waals surface area contributed by atoms with Crippen LogP contribution in [0.4, 0.5) is 0 Å². The quantitative estimate of drug-likeness (QED) is 0.443. The van der Waals surface area contributed by atoms with Gasteiger partial charge in [-0.15, -0.1) is 5.10 Å². The summed E-state index contributed by atoms with van der Waals surface area (Å²) in [6.45, 7) is 3.95. The third kappa shape index (κ3) is 4.99. The fraction of sp³-hybridized carbons (Fsp3) is 0.211. The van der Waals surface area contributed by atoms with Gasteiger partial charge in [0.05, 0.1) is 11.5 Å². The van der Waals surface area contributed by atoms with Crippen LogP contribution in [0, 0.1) is 5.92 Å². The van der Waals surface area contributed by atoms with Gasteiger partial charge in [0, 0.05) is 0 Å². The van der Waals surface area contributed by atoms with Gasteiger partial charge in [0.2, 0.25) is 5.91 Å². The molecule has 1 fully saturated rings. The lowest BCUT2D eigenvalue weighted by Gasteiger charge is -2.07. The maximum Gasteiger partial charge on any atom is 0.339 e. The molecule has 0 spiro atoms. The van der Waals surface area contributed by atoms with Crippen LogP contribution in [0.1, 0.15) is 19.4 Å². The van der Waals surface area contributed by atoms with Crippen molar-refractivity contribution in [3.8, 4) is 5.75 Å². The van der Waals surface area contributed by atoms with Gasteiger partial charge < -0.3 is 9.50 Å². The average Bonchev–Trinajstić information content (AvgIpc) is 3.04. The molecule has 1 saturated heterocycles. The molecule has 2 aromatic carbocycles. The Morgan fingerprint density at radius 2 is 1.79 bits per heavy atom. The predicted molar refractivity (Wildman–Crippen MR) is 110 cm³/mol. The molecule has 1 heterocycles. The highest BCUT2D eigenvalue weighted by molar-refractivity contribution is 8.15. The average molecular weight is 418 g/mol. The second-order valence-electron chi connectivity index (χ2n) is 6.34. The maximum absolute atomic E-state index is 12.2. The third-order valence-corrected chi connectivity index (χ3v) is 6.49. The molecule has 146 valence electrons. The molecule has 1 atom stereocenters. The molecule has 0 radical (unpaired) electrons. The second kappa shape index (κ2) is 8.57. The van der Waals surface area contributed by atoms with E-state index in [9.17, 15) is 13.2 Å². The second-order valence-corrected chi connectivity index (χ2v) is 9.02. The normalized spacial score (nSPS) is 18.8. The zero-order chi connectivity index (χ0) is 20.1. The third-order valence-electron chi connectivity index (χ3n) is 3.81. The van der Waals surface area contributed by atoms with E-state index in [0.29, 0.717) is 10.7 Å². The molecule has 0 aromatic heterocycles. The first-order valence-corrected chi connectivity index (χ1v) is 10.8. The van der Waals surface area contributed by atoms with Crippen LogP contribution < -0.4 is 9.50 Å². The van der Waals surface area contributed by atoms with Crippen molar-refractivity contribution >= 4 is 39.2 Å². The number of benzene rings is 2. The first kappa shape index (κ1) is 20.1. The fourth-order valence-electron chi connectivity index (χ4n) is 2.39. The molecule has 28 heavy (non-hydrogen) atoms. The topological polar surface area (TPSA) is 97.2 Å². The lowest BCUT2D eigenvalue weighted by Crippen LogP contribution is -2.27. The highest BCUT2D eigenvalue weighted by Gasteiger charge is 2.32. The minimum Gasteiger partial charge on any atom is -0.379 e. The van der Waals surface area contributed by atoms with E-state index in [2.05, 4.69) is 15.5 Å². The Kier molecular flexibility index (Phi) is 6.15. The van der Waals surface area contributed by atoms with E-state index in [1.54, 1.807) is 30.3 Å². The van der Waals surface area contributed by atoms with Crippen LogP contribution in [0.2, 0.25) is 0 Å². The Morgan fingerprint density at radius 3 is 2.39 bits per heavy atom. The van der Waals surface area contributed by atoms with Crippen molar-refractivity contribution in [2.45, 2.75) is 24.0 Å². The zero-order valence-corrected chi connectivity index (χ0v) is 16.9. The molecule has 9 heteroatoms. The van der Waals surface area contributed by atoms with Crippen molar-refractivity contribution in [2.75, 3.05) is 0 Å². The Morgan fingerprint density at radius 1 is 1.11 bits per heavy atom. The number of carbonyl (C=O) groups is 1. The number of hydrogen-bond donors (Lipinski definition) is 1. The summed E-state index contributed by atoms with van der Waals surface area (Å²) in [4.78, 5) is 11.9. The number of hydrogen-bond acceptors (Lipinski definition) is 7. The van der Waals surface area contributed by atoms with E-state index in [1.807, 2.05) is 13.8 Å². The van der Waals surface area contributed by atoms with Crippen molar-refractivity contribution in [1.82, 2.24) is 5.32 Å². The lowest BCUT2D eigenvalue weighted by atomic mass is 10.1. The maximum atomic E-state index is 12.2. The Bertz CT molecular complexity index is 1000. The van der Waals surface area contributed by atoms with Gasteiger partial charge in [0.1, 0.15) is 10.6 Å². The number of nitrogens with one attached hydrogen (secondary N) is 1. The van der Waals surface area contributed by atoms with Crippen LogP contribution in [0.25, 0.3) is 0 Å². The Hall–Kier alpha value is -2.65. The molecule has 1 amide bonds. The summed E-state index contributed by atoms with van der Waals surface area (Å²) in [6, 6.07) is 14.3. The van der Waals surface area contributed by atoms with E-state index in [4.69, 9.17) is 4.18 Å². The monoisotopic (exact) mass is 417 g/mol. The number of amidine groups is 1. The molecule has 0 saturated carbocycles. The van der Waals surface area contributed by atoms with Crippen LogP contribution in [-0.2, 0) is 14.9 Å². The summed E-state index contributed by atoms with van der Waals surface area (Å²) >= 11 is 1.36. The van der Waals surface area contributed by atoms with Gasteiger partial charge in [-0.25, -0.2) is 0 Å². The highest BCUT2D eigenvalue weighted by Crippen LogP contribution is 2.25. The smallest absolute Gasteiger partial charge is 0.339 e. The first-order valence-electron chi connectivity index (χ1n) is 8.53. The van der Waals surface area contributed by atoms with Crippen molar-refractivity contribution in [2.24, 2.45) is 16.1 Å². The van der Waals surface area contributed by atoms with Crippen LogP contribution in [0.5, 0.6) is 5.75 Å². The molecule has 1 aliphatic heterocycles. The van der Waals surface area contributed by atoms with Gasteiger partial charge in [0.15, 0.2) is 5.17 Å². The number of amides is 1. The number of rotatable bonds is 6. The molecule has 2 aromatic rings. The van der Waals surface area contributed by atoms with E-state index in [1.165, 1.54) is 42.2 Å². The summed E-state index contributed by atoms with van der Waals surface area (Å²) in [7, 11) is -3.87. The van der Waals surface area contributed by atoms with Gasteiger partial charge in [0.25, 0.3) is 0 Å². The number of carbonyl (C=O) groups excluding carboxylic acids is 1. The summed E-state index contributed by atoms with van der Waals surface area (Å²) < 4.78 is 29.5. The fourth-order valence-corrected chi connectivity index (χ4v) is 4.27. The highest BCUT2D eigenvalue weighted by atomic mass is 32.2. The molecule has 7 nitrogen and oxygen atoms in total. The van der Waals surface area contributed by atoms with Crippen LogP contribution >= 0.6 is 11.8 Å². The SMILES string of the molecule is CC(C)C1SC(=NN=Cc2ccc(OS(=O)(=O)c3ccccc3)cc2)NC1=O. The standard InChI is InChI=1S/C19H19N3O4S2/c1-13(2)17-18(23)21-19(27-17)22-20-12-14-8-10-15(11-9-14)26-28(24,25)16-6-4-3-5-7-16/h3-13,17H,1-2H3,(H,21,22,23). The molecule has 1 N–H and O–H groups in total. The van der Waals surface area contributed by atoms with Crippen LogP contribution in [-0.4, -0.2) is 31.0 Å². The lowest BCUT2D eigenvalue weighted by molar-refractivity contribution is -0.119. The number of nitrogens with zero attached hydrogens (tertiary/aromatic N) is 2. The minimum atomic E-state index is -3.87. The molecule has 1 unspecified atom stereocenters. The minimum absolute atomic E-state index is 0.0601. The Labute approximate surface area is 168 Å². The summed E-state index contributed by atoms with van der Waals surface area (Å²) in [5.74, 6) is 0.349. The van der Waals surface area contributed by atoms with Crippen molar-refractivity contribution in [3.05, 3.63) is 60.2 Å². The molecular weight excluding hydrogens is 398 g/mol. The molecule has 0 bridgehead atoms. The van der Waals surface area contributed by atoms with Gasteiger partial charge in [-0.05, 0) is 47.9 Å². The largest absolute Gasteiger partial charge is 0.379 e. The van der Waals surface area contributed by atoms with Gasteiger partial charge in [-0.3, -0.25) is 4.79 Å². The van der Waals surface area contributed by atoms with E-state index >= 15 is 0 Å². The molecule has 0 aliphatic carbocycles. The zero-order valence-electron chi connectivity index (χ0n) is 15.3. The van der Waals surface area contributed by atoms with Gasteiger partial charge in [-0.1, -0.05) is 43.8 Å². The van der Waals surface area contributed by atoms with Crippen LogP contribution in [0.3, 0.4) is 0 Å². The molecule has 1 aliphatic rings. The molecular formula is C19H19N3O4S2. The van der Waals surface area contributed by atoms with Crippen molar-refractivity contribution in [1.29, 1.82) is 0 Å².